The van der Waals surface area contributed by atoms with Crippen molar-refractivity contribution < 1.29 is 67.4 Å². The smallest absolute Gasteiger partial charge is 0.402 e. The number of hydrogen-bond donors (Lipinski definition) is 2. The normalized spacial score (nSPS) is 11.6. The summed E-state index contributed by atoms with van der Waals surface area (Å²) in [5.41, 5.74) is -3.87. The molecule has 0 aliphatic carbocycles. The second-order valence-corrected chi connectivity index (χ2v) is 13.1. The number of hydrogen-bond acceptors (Lipinski definition) is 3. The van der Waals surface area contributed by atoms with Gasteiger partial charge in [-0.25, -0.2) is 52.7 Å². The van der Waals surface area contributed by atoms with Gasteiger partial charge in [0.1, 0.15) is 5.60 Å². The molecule has 2 N–H and O–H groups in total. The minimum absolute atomic E-state index is 0.0296. The molecule has 59 heavy (non-hydrogen) atoms. The first-order valence-corrected chi connectivity index (χ1v) is 17.0. The molecule has 16 heteroatoms. The zero-order chi connectivity index (χ0) is 42.5. The molecule has 0 spiro atoms. The van der Waals surface area contributed by atoms with Gasteiger partial charge in [0.25, 0.3) is 0 Å². The Balaban J connectivity index is 1.51. The fourth-order valence-electron chi connectivity index (χ4n) is 6.78. The van der Waals surface area contributed by atoms with Gasteiger partial charge in [-0.3, -0.25) is 0 Å². The molecular formula is C43H21BF12O3. The van der Waals surface area contributed by atoms with Gasteiger partial charge in [0.05, 0.1) is 0 Å². The van der Waals surface area contributed by atoms with Crippen LogP contribution in [0.1, 0.15) is 16.7 Å². The molecule has 0 unspecified atom stereocenters. The Kier molecular flexibility index (Phi) is 10.9. The van der Waals surface area contributed by atoms with Crippen molar-refractivity contribution in [2.75, 3.05) is 0 Å². The van der Waals surface area contributed by atoms with Gasteiger partial charge in [-0.2, -0.15) is 0 Å². The molecule has 0 radical (unpaired) electrons. The topological polar surface area (TPSA) is 49.7 Å². The third-order valence-corrected chi connectivity index (χ3v) is 9.52. The van der Waals surface area contributed by atoms with Crippen LogP contribution in [0.15, 0.2) is 115 Å². The molecule has 0 saturated heterocycles. The van der Waals surface area contributed by atoms with E-state index >= 15 is 0 Å². The first-order valence-electron chi connectivity index (χ1n) is 17.0. The Hall–Kier alpha value is -6.36. The van der Waals surface area contributed by atoms with Crippen molar-refractivity contribution >= 4 is 7.32 Å². The van der Waals surface area contributed by atoms with E-state index in [4.69, 9.17) is 4.65 Å². The Bertz CT molecular complexity index is 2570. The van der Waals surface area contributed by atoms with Gasteiger partial charge in [-0.1, -0.05) is 60.7 Å². The van der Waals surface area contributed by atoms with Crippen LogP contribution in [0.2, 0.25) is 0 Å². The summed E-state index contributed by atoms with van der Waals surface area (Å²) in [5, 5.41) is 20.9. The summed E-state index contributed by atoms with van der Waals surface area (Å²) in [6.07, 6.45) is 0. The third kappa shape index (κ3) is 7.57. The van der Waals surface area contributed by atoms with Crippen molar-refractivity contribution in [1.82, 2.24) is 0 Å². The molecule has 0 aliphatic rings. The van der Waals surface area contributed by atoms with E-state index in [1.54, 1.807) is 0 Å². The molecule has 0 amide bonds. The third-order valence-electron chi connectivity index (χ3n) is 9.52. The van der Waals surface area contributed by atoms with Gasteiger partial charge < -0.3 is 14.7 Å². The van der Waals surface area contributed by atoms with Crippen LogP contribution in [0, 0.1) is 69.8 Å². The van der Waals surface area contributed by atoms with Crippen molar-refractivity contribution in [3.8, 4) is 44.5 Å². The summed E-state index contributed by atoms with van der Waals surface area (Å²) >= 11 is 0. The van der Waals surface area contributed by atoms with Crippen LogP contribution in [0.25, 0.3) is 44.5 Å². The maximum absolute atomic E-state index is 14.8. The first kappa shape index (κ1) is 40.8. The second-order valence-electron chi connectivity index (χ2n) is 13.1. The Morgan fingerprint density at radius 2 is 0.610 bits per heavy atom. The monoisotopic (exact) mass is 824 g/mol. The van der Waals surface area contributed by atoms with E-state index in [1.807, 2.05) is 0 Å². The van der Waals surface area contributed by atoms with Gasteiger partial charge in [0.15, 0.2) is 69.8 Å². The average Bonchev–Trinajstić information content (AvgIpc) is 3.21. The fraction of sp³-hybridized carbons (Fsp3) is 0.0233. The molecule has 3 nitrogen and oxygen atoms in total. The Morgan fingerprint density at radius 1 is 0.322 bits per heavy atom. The molecule has 0 aromatic heterocycles. The molecule has 298 valence electrons. The lowest BCUT2D eigenvalue weighted by Gasteiger charge is -2.37. The number of benzene rings is 7. The molecule has 0 saturated carbocycles. The highest BCUT2D eigenvalue weighted by Gasteiger charge is 2.42. The predicted octanol–water partition coefficient (Wildman–Crippen LogP) is 11.3. The molecule has 0 heterocycles. The molecule has 7 rings (SSSR count). The van der Waals surface area contributed by atoms with Crippen molar-refractivity contribution in [2.24, 2.45) is 0 Å². The lowest BCUT2D eigenvalue weighted by atomic mass is 9.76. The summed E-state index contributed by atoms with van der Waals surface area (Å²) in [5.74, 6) is -19.8. The van der Waals surface area contributed by atoms with Crippen LogP contribution in [0.5, 0.6) is 0 Å². The van der Waals surface area contributed by atoms with Gasteiger partial charge >= 0.3 is 7.32 Å². The summed E-state index contributed by atoms with van der Waals surface area (Å²) in [7, 11) is -2.67. The lowest BCUT2D eigenvalue weighted by molar-refractivity contribution is 0.0816. The first-order chi connectivity index (χ1) is 28.0. The zero-order valence-electron chi connectivity index (χ0n) is 29.4. The summed E-state index contributed by atoms with van der Waals surface area (Å²) in [4.78, 5) is 0. The Labute approximate surface area is 326 Å². The SMILES string of the molecule is OB(O)OC(c1ccc(-c2cc(F)c(F)c(F)c2)cc1)(c1ccc(-c2cc(F)c(F)c(F)c2)cc1)c1ccc(-c2cc(F)c(F)c(F)c2)c(-c2cc(F)c(F)c(F)c2)c1. The van der Waals surface area contributed by atoms with E-state index in [2.05, 4.69) is 0 Å². The highest BCUT2D eigenvalue weighted by Crippen LogP contribution is 2.46. The average molecular weight is 824 g/mol. The largest absolute Gasteiger partial charge is 0.635 e. The quantitative estimate of drug-likeness (QED) is 0.0660. The predicted molar refractivity (Wildman–Crippen MR) is 192 cm³/mol. The fourth-order valence-corrected chi connectivity index (χ4v) is 6.78. The van der Waals surface area contributed by atoms with E-state index in [9.17, 15) is 62.7 Å². The second kappa shape index (κ2) is 15.8. The molecule has 7 aromatic carbocycles. The van der Waals surface area contributed by atoms with E-state index < -0.39 is 88.3 Å². The van der Waals surface area contributed by atoms with Crippen LogP contribution < -0.4 is 0 Å². The van der Waals surface area contributed by atoms with Gasteiger partial charge in [0, 0.05) is 0 Å². The van der Waals surface area contributed by atoms with Gasteiger partial charge in [0.2, 0.25) is 0 Å². The molecule has 0 atom stereocenters. The standard InChI is InChI=1S/C43H21BF12O3/c45-31-11-22(12-32(46)39(31)53)20-1-5-26(6-2-20)43(59-44(57)58,27-7-3-21(4-8-27)23-13-33(47)40(54)34(48)14-23)28-9-10-29(24-15-35(49)41(55)36(50)16-24)30(19-28)25-17-37(51)42(56)38(52)18-25/h1-19,57-58H. The molecule has 0 bridgehead atoms. The van der Waals surface area contributed by atoms with Crippen molar-refractivity contribution in [3.05, 3.63) is 202 Å². The van der Waals surface area contributed by atoms with E-state index in [1.165, 1.54) is 54.6 Å². The van der Waals surface area contributed by atoms with E-state index in [-0.39, 0.29) is 55.6 Å². The van der Waals surface area contributed by atoms with Gasteiger partial charge in [-0.15, -0.1) is 0 Å². The summed E-state index contributed by atoms with van der Waals surface area (Å²) in [6, 6.07) is 18.8. The van der Waals surface area contributed by atoms with Crippen LogP contribution in [-0.2, 0) is 10.3 Å². The lowest BCUT2D eigenvalue weighted by Crippen LogP contribution is -2.39. The maximum Gasteiger partial charge on any atom is 0.635 e. The van der Waals surface area contributed by atoms with E-state index in [0.717, 1.165) is 12.1 Å². The molecular weight excluding hydrogens is 803 g/mol. The molecule has 7 aromatic rings. The van der Waals surface area contributed by atoms with Crippen molar-refractivity contribution in [1.29, 1.82) is 0 Å². The number of halogens is 12. The summed E-state index contributed by atoms with van der Waals surface area (Å²) in [6.45, 7) is 0. The van der Waals surface area contributed by atoms with E-state index in [0.29, 0.717) is 48.5 Å². The number of rotatable bonds is 9. The highest BCUT2D eigenvalue weighted by atomic mass is 19.2. The minimum atomic E-state index is -2.67. The highest BCUT2D eigenvalue weighted by molar-refractivity contribution is 6.33. The van der Waals surface area contributed by atoms with Crippen LogP contribution in [0.4, 0.5) is 52.7 Å². The molecule has 0 aliphatic heterocycles. The molecule has 0 fully saturated rings. The van der Waals surface area contributed by atoms with Gasteiger partial charge in [-0.05, 0) is 116 Å². The maximum atomic E-state index is 14.8. The van der Waals surface area contributed by atoms with Crippen LogP contribution in [0.3, 0.4) is 0 Å². The summed E-state index contributed by atoms with van der Waals surface area (Å²) < 4.78 is 177. The van der Waals surface area contributed by atoms with Crippen LogP contribution >= 0.6 is 0 Å². The minimum Gasteiger partial charge on any atom is -0.402 e. The van der Waals surface area contributed by atoms with Crippen molar-refractivity contribution in [3.63, 3.8) is 0 Å². The van der Waals surface area contributed by atoms with Crippen LogP contribution in [-0.4, -0.2) is 17.4 Å². The zero-order valence-corrected chi connectivity index (χ0v) is 29.4. The van der Waals surface area contributed by atoms with Crippen molar-refractivity contribution in [2.45, 2.75) is 5.60 Å². The Morgan fingerprint density at radius 3 is 0.932 bits per heavy atom.